The van der Waals surface area contributed by atoms with Gasteiger partial charge in [-0.05, 0) is 22.8 Å². The normalized spacial score (nSPS) is 28.6. The molecular formula is C19H16N2O3. The summed E-state index contributed by atoms with van der Waals surface area (Å²) in [5, 5.41) is 16.4. The lowest BCUT2D eigenvalue weighted by molar-refractivity contribution is -0.123. The molecule has 1 saturated heterocycles. The van der Waals surface area contributed by atoms with Crippen molar-refractivity contribution in [2.45, 2.75) is 17.6 Å². The summed E-state index contributed by atoms with van der Waals surface area (Å²) in [5.41, 5.74) is -0.475. The summed E-state index contributed by atoms with van der Waals surface area (Å²) in [6, 6.07) is 18.1. The second-order valence-electron chi connectivity index (χ2n) is 6.21. The number of imide groups is 1. The van der Waals surface area contributed by atoms with Crippen LogP contribution in [0.5, 0.6) is 0 Å². The number of carbonyl (C=O) groups is 2. The molecule has 24 heavy (non-hydrogen) atoms. The van der Waals surface area contributed by atoms with E-state index in [0.717, 1.165) is 5.56 Å². The SMILES string of the molecule is O=C1NC(=O)[C@]2(C=C(c3ccccc3)[C@](O)(c3ccccc3)C2)N1. The molecule has 1 aliphatic carbocycles. The molecule has 2 aromatic rings. The van der Waals surface area contributed by atoms with Crippen LogP contribution in [0.4, 0.5) is 4.79 Å². The zero-order chi connectivity index (χ0) is 16.8. The van der Waals surface area contributed by atoms with Crippen molar-refractivity contribution in [1.82, 2.24) is 10.6 Å². The average Bonchev–Trinajstić information content (AvgIpc) is 3.05. The third kappa shape index (κ3) is 2.06. The van der Waals surface area contributed by atoms with Gasteiger partial charge in [-0.1, -0.05) is 60.7 Å². The Hall–Kier alpha value is -2.92. The first-order chi connectivity index (χ1) is 11.5. The molecular weight excluding hydrogens is 304 g/mol. The number of carbonyl (C=O) groups excluding carboxylic acids is 2. The Bertz CT molecular complexity index is 847. The van der Waals surface area contributed by atoms with E-state index < -0.39 is 23.1 Å². The van der Waals surface area contributed by atoms with Gasteiger partial charge in [0.2, 0.25) is 0 Å². The third-order valence-electron chi connectivity index (χ3n) is 4.68. The molecule has 2 aromatic carbocycles. The van der Waals surface area contributed by atoms with Crippen molar-refractivity contribution in [2.24, 2.45) is 0 Å². The van der Waals surface area contributed by atoms with Crippen LogP contribution >= 0.6 is 0 Å². The zero-order valence-corrected chi connectivity index (χ0v) is 12.8. The topological polar surface area (TPSA) is 78.4 Å². The maximum atomic E-state index is 12.4. The largest absolute Gasteiger partial charge is 0.380 e. The van der Waals surface area contributed by atoms with Gasteiger partial charge < -0.3 is 10.4 Å². The number of hydrogen-bond donors (Lipinski definition) is 3. The summed E-state index contributed by atoms with van der Waals surface area (Å²) in [5.74, 6) is -0.437. The molecule has 0 aromatic heterocycles. The first-order valence-electron chi connectivity index (χ1n) is 7.74. The highest BCUT2D eigenvalue weighted by atomic mass is 16.3. The molecule has 0 unspecified atom stereocenters. The Morgan fingerprint density at radius 2 is 1.54 bits per heavy atom. The smallest absolute Gasteiger partial charge is 0.322 e. The summed E-state index contributed by atoms with van der Waals surface area (Å²) in [6.07, 6.45) is 1.74. The molecule has 3 N–H and O–H groups in total. The summed E-state index contributed by atoms with van der Waals surface area (Å²) in [6.45, 7) is 0. The van der Waals surface area contributed by atoms with Crippen LogP contribution in [0.3, 0.4) is 0 Å². The van der Waals surface area contributed by atoms with Crippen LogP contribution in [0, 0.1) is 0 Å². The minimum Gasteiger partial charge on any atom is -0.380 e. The first-order valence-corrected chi connectivity index (χ1v) is 7.74. The van der Waals surface area contributed by atoms with Crippen molar-refractivity contribution in [3.8, 4) is 0 Å². The quantitative estimate of drug-likeness (QED) is 0.740. The second-order valence-corrected chi connectivity index (χ2v) is 6.21. The fraction of sp³-hybridized carbons (Fsp3) is 0.158. The number of amides is 3. The Morgan fingerprint density at radius 1 is 0.917 bits per heavy atom. The summed E-state index contributed by atoms with van der Waals surface area (Å²) < 4.78 is 0. The summed E-state index contributed by atoms with van der Waals surface area (Å²) in [4.78, 5) is 24.0. The van der Waals surface area contributed by atoms with Gasteiger partial charge in [-0.2, -0.15) is 0 Å². The van der Waals surface area contributed by atoms with Crippen LogP contribution in [-0.4, -0.2) is 22.6 Å². The van der Waals surface area contributed by atoms with Crippen molar-refractivity contribution >= 4 is 17.5 Å². The molecule has 2 atom stereocenters. The van der Waals surface area contributed by atoms with Gasteiger partial charge in [-0.15, -0.1) is 0 Å². The summed E-state index contributed by atoms with van der Waals surface area (Å²) in [7, 11) is 0. The van der Waals surface area contributed by atoms with Crippen LogP contribution in [0.1, 0.15) is 17.5 Å². The number of urea groups is 1. The van der Waals surface area contributed by atoms with Crippen molar-refractivity contribution in [3.63, 3.8) is 0 Å². The second kappa shape index (κ2) is 5.04. The molecule has 120 valence electrons. The Labute approximate surface area is 139 Å². The van der Waals surface area contributed by atoms with E-state index >= 15 is 0 Å². The van der Waals surface area contributed by atoms with E-state index in [0.29, 0.717) is 11.1 Å². The fourth-order valence-corrected chi connectivity index (χ4v) is 3.56. The average molecular weight is 320 g/mol. The van der Waals surface area contributed by atoms with Crippen LogP contribution in [0.2, 0.25) is 0 Å². The predicted octanol–water partition coefficient (Wildman–Crippen LogP) is 1.94. The maximum absolute atomic E-state index is 12.4. The molecule has 2 aliphatic rings. The van der Waals surface area contributed by atoms with Crippen molar-refractivity contribution in [3.05, 3.63) is 77.9 Å². The molecule has 1 heterocycles. The highest BCUT2D eigenvalue weighted by Gasteiger charge is 2.56. The molecule has 5 heteroatoms. The molecule has 3 amide bonds. The number of aliphatic hydroxyl groups is 1. The lowest BCUT2D eigenvalue weighted by Crippen LogP contribution is -2.46. The van der Waals surface area contributed by atoms with Crippen LogP contribution in [-0.2, 0) is 10.4 Å². The summed E-state index contributed by atoms with van der Waals surface area (Å²) >= 11 is 0. The standard InChI is InChI=1S/C19H16N2O3/c22-16-18(21-17(23)20-16)11-15(13-7-3-1-4-8-13)19(24,12-18)14-9-5-2-6-10-14/h1-11,24H,12H2,(H2,20,21,22,23)/t18-,19-/m1/s1. The monoisotopic (exact) mass is 320 g/mol. The van der Waals surface area contributed by atoms with Crippen LogP contribution in [0.15, 0.2) is 66.7 Å². The highest BCUT2D eigenvalue weighted by Crippen LogP contribution is 2.49. The van der Waals surface area contributed by atoms with Gasteiger partial charge in [-0.3, -0.25) is 10.1 Å². The molecule has 1 spiro atoms. The van der Waals surface area contributed by atoms with E-state index in [9.17, 15) is 14.7 Å². The highest BCUT2D eigenvalue weighted by molar-refractivity contribution is 6.10. The van der Waals surface area contributed by atoms with E-state index in [-0.39, 0.29) is 6.42 Å². The number of nitrogens with one attached hydrogen (secondary N) is 2. The lowest BCUT2D eigenvalue weighted by Gasteiger charge is -2.29. The van der Waals surface area contributed by atoms with Crippen LogP contribution < -0.4 is 10.6 Å². The van der Waals surface area contributed by atoms with Crippen molar-refractivity contribution in [1.29, 1.82) is 0 Å². The Kier molecular flexibility index (Phi) is 3.08. The van der Waals surface area contributed by atoms with Crippen LogP contribution in [0.25, 0.3) is 5.57 Å². The molecule has 0 radical (unpaired) electrons. The maximum Gasteiger partial charge on any atom is 0.322 e. The molecule has 1 fully saturated rings. The zero-order valence-electron chi connectivity index (χ0n) is 12.8. The van der Waals surface area contributed by atoms with E-state index in [4.69, 9.17) is 0 Å². The van der Waals surface area contributed by atoms with E-state index in [1.807, 2.05) is 60.7 Å². The molecule has 5 nitrogen and oxygen atoms in total. The van der Waals surface area contributed by atoms with E-state index in [2.05, 4.69) is 10.6 Å². The number of hydrogen-bond acceptors (Lipinski definition) is 3. The fourth-order valence-electron chi connectivity index (χ4n) is 3.56. The Balaban J connectivity index is 1.90. The number of benzene rings is 2. The molecule has 0 saturated carbocycles. The Morgan fingerprint density at radius 3 is 2.12 bits per heavy atom. The number of rotatable bonds is 2. The minimum atomic E-state index is -1.36. The van der Waals surface area contributed by atoms with E-state index in [1.54, 1.807) is 6.08 Å². The van der Waals surface area contributed by atoms with Gasteiger partial charge >= 0.3 is 6.03 Å². The predicted molar refractivity (Wildman–Crippen MR) is 88.8 cm³/mol. The van der Waals surface area contributed by atoms with Gasteiger partial charge in [-0.25, -0.2) is 4.79 Å². The van der Waals surface area contributed by atoms with Gasteiger partial charge in [0.15, 0.2) is 0 Å². The molecule has 4 rings (SSSR count). The van der Waals surface area contributed by atoms with Crippen molar-refractivity contribution < 1.29 is 14.7 Å². The van der Waals surface area contributed by atoms with Gasteiger partial charge in [0.25, 0.3) is 5.91 Å². The first kappa shape index (κ1) is 14.7. The third-order valence-corrected chi connectivity index (χ3v) is 4.68. The van der Waals surface area contributed by atoms with E-state index in [1.165, 1.54) is 0 Å². The lowest BCUT2D eigenvalue weighted by atomic mass is 9.82. The van der Waals surface area contributed by atoms with Gasteiger partial charge in [0, 0.05) is 6.42 Å². The van der Waals surface area contributed by atoms with Crippen molar-refractivity contribution in [2.75, 3.05) is 0 Å². The molecule has 1 aliphatic heterocycles. The minimum absolute atomic E-state index is 0.0613. The van der Waals surface area contributed by atoms with Gasteiger partial charge in [0.1, 0.15) is 11.1 Å². The van der Waals surface area contributed by atoms with Gasteiger partial charge in [0.05, 0.1) is 0 Å². The molecule has 0 bridgehead atoms.